The van der Waals surface area contributed by atoms with Crippen molar-refractivity contribution in [2.24, 2.45) is 0 Å². The van der Waals surface area contributed by atoms with Crippen LogP contribution in [0.2, 0.25) is 0 Å². The minimum Gasteiger partial charge on any atom is -0.318 e. The number of carbonyl (C=O) groups is 1. The van der Waals surface area contributed by atoms with E-state index < -0.39 is 17.5 Å². The third kappa shape index (κ3) is 3.14. The molecule has 0 unspecified atom stereocenters. The van der Waals surface area contributed by atoms with E-state index in [2.05, 4.69) is 26.2 Å². The summed E-state index contributed by atoms with van der Waals surface area (Å²) in [6, 6.07) is 5.08. The van der Waals surface area contributed by atoms with Gasteiger partial charge in [-0.15, -0.1) is 0 Å². The van der Waals surface area contributed by atoms with Crippen molar-refractivity contribution >= 4 is 27.5 Å². The number of rotatable bonds is 2. The number of aromatic nitrogens is 1. The zero-order chi connectivity index (χ0) is 14.0. The van der Waals surface area contributed by atoms with Gasteiger partial charge in [0.2, 0.25) is 0 Å². The number of hydrogen-bond acceptors (Lipinski definition) is 2. The van der Waals surface area contributed by atoms with E-state index in [1.54, 1.807) is 6.07 Å². The lowest BCUT2D eigenvalue weighted by molar-refractivity contribution is 0.102. The average molecular weight is 327 g/mol. The Balaban J connectivity index is 2.24. The Morgan fingerprint density at radius 2 is 2.00 bits per heavy atom. The van der Waals surface area contributed by atoms with Crippen LogP contribution in [0.15, 0.2) is 34.9 Å². The molecule has 1 amide bonds. The molecule has 6 heteroatoms. The molecule has 1 N–H and O–H groups in total. The predicted molar refractivity (Wildman–Crippen MR) is 71.0 cm³/mol. The van der Waals surface area contributed by atoms with E-state index in [0.29, 0.717) is 0 Å². The molecule has 3 nitrogen and oxygen atoms in total. The zero-order valence-corrected chi connectivity index (χ0v) is 11.5. The zero-order valence-electron chi connectivity index (χ0n) is 9.88. The van der Waals surface area contributed by atoms with Gasteiger partial charge in [0.25, 0.3) is 5.91 Å². The highest BCUT2D eigenvalue weighted by Crippen LogP contribution is 2.19. The molecule has 2 rings (SSSR count). The van der Waals surface area contributed by atoms with Crippen molar-refractivity contribution in [1.29, 1.82) is 0 Å². The average Bonchev–Trinajstić information content (AvgIpc) is 2.36. The molecule has 0 spiro atoms. The van der Waals surface area contributed by atoms with Gasteiger partial charge in [0.1, 0.15) is 17.3 Å². The summed E-state index contributed by atoms with van der Waals surface area (Å²) < 4.78 is 27.6. The van der Waals surface area contributed by atoms with Gasteiger partial charge in [-0.3, -0.25) is 4.79 Å². The standard InChI is InChI=1S/C13H9BrF2N2O/c1-7-4-10(16)12(5-9(7)15)18-13(19)11-3-2-8(14)6-17-11/h2-6H,1H3,(H,18,19). The molecule has 0 bridgehead atoms. The van der Waals surface area contributed by atoms with Gasteiger partial charge in [-0.2, -0.15) is 0 Å². The van der Waals surface area contributed by atoms with Crippen LogP contribution in [0.4, 0.5) is 14.5 Å². The first-order valence-corrected chi connectivity index (χ1v) is 6.15. The number of halogens is 3. The summed E-state index contributed by atoms with van der Waals surface area (Å²) in [5, 5.41) is 2.28. The molecule has 1 aromatic carbocycles. The maximum atomic E-state index is 13.6. The van der Waals surface area contributed by atoms with Gasteiger partial charge in [-0.1, -0.05) is 0 Å². The minimum atomic E-state index is -0.690. The molecular weight excluding hydrogens is 318 g/mol. The highest BCUT2D eigenvalue weighted by atomic mass is 79.9. The molecule has 0 radical (unpaired) electrons. The molecule has 0 fully saturated rings. The molecule has 1 heterocycles. The Morgan fingerprint density at radius 1 is 1.26 bits per heavy atom. The lowest BCUT2D eigenvalue weighted by atomic mass is 10.2. The van der Waals surface area contributed by atoms with Gasteiger partial charge >= 0.3 is 0 Å². The number of aryl methyl sites for hydroxylation is 1. The first kappa shape index (κ1) is 13.6. The maximum absolute atomic E-state index is 13.6. The van der Waals surface area contributed by atoms with Crippen LogP contribution >= 0.6 is 15.9 Å². The van der Waals surface area contributed by atoms with Crippen LogP contribution in [0, 0.1) is 18.6 Å². The van der Waals surface area contributed by atoms with Crippen LogP contribution < -0.4 is 5.32 Å². The van der Waals surface area contributed by atoms with Gasteiger partial charge < -0.3 is 5.32 Å². The SMILES string of the molecule is Cc1cc(F)c(NC(=O)c2ccc(Br)cn2)cc1F. The molecule has 98 valence electrons. The van der Waals surface area contributed by atoms with Gasteiger partial charge in [0.15, 0.2) is 0 Å². The Hall–Kier alpha value is -1.82. The highest BCUT2D eigenvalue weighted by Gasteiger charge is 2.12. The topological polar surface area (TPSA) is 42.0 Å². The van der Waals surface area contributed by atoms with Crippen LogP contribution in [-0.2, 0) is 0 Å². The van der Waals surface area contributed by atoms with Gasteiger partial charge in [0, 0.05) is 16.7 Å². The van der Waals surface area contributed by atoms with Crippen LogP contribution in [0.5, 0.6) is 0 Å². The Bertz CT molecular complexity index is 629. The fourth-order valence-corrected chi connectivity index (χ4v) is 1.67. The predicted octanol–water partition coefficient (Wildman–Crippen LogP) is 3.68. The van der Waals surface area contributed by atoms with Crippen molar-refractivity contribution in [2.75, 3.05) is 5.32 Å². The van der Waals surface area contributed by atoms with Crippen LogP contribution in [-0.4, -0.2) is 10.9 Å². The first-order chi connectivity index (χ1) is 8.97. The maximum Gasteiger partial charge on any atom is 0.274 e. The van der Waals surface area contributed by atoms with Crippen molar-refractivity contribution in [3.63, 3.8) is 0 Å². The van der Waals surface area contributed by atoms with E-state index in [1.807, 2.05) is 0 Å². The summed E-state index contributed by atoms with van der Waals surface area (Å²) in [4.78, 5) is 15.7. The fraction of sp³-hybridized carbons (Fsp3) is 0.0769. The summed E-state index contributed by atoms with van der Waals surface area (Å²) in [5.74, 6) is -1.88. The molecule has 0 atom stereocenters. The van der Waals surface area contributed by atoms with Crippen molar-refractivity contribution in [3.8, 4) is 0 Å². The Kier molecular flexibility index (Phi) is 3.90. The minimum absolute atomic E-state index is 0.114. The van der Waals surface area contributed by atoms with E-state index in [4.69, 9.17) is 0 Å². The van der Waals surface area contributed by atoms with Crippen molar-refractivity contribution in [3.05, 3.63) is 57.8 Å². The van der Waals surface area contributed by atoms with Gasteiger partial charge in [-0.05, 0) is 46.6 Å². The normalized spacial score (nSPS) is 10.3. The molecular formula is C13H9BrF2N2O. The lowest BCUT2D eigenvalue weighted by Crippen LogP contribution is -2.14. The number of anilines is 1. The Labute approximate surface area is 116 Å². The number of hydrogen-bond donors (Lipinski definition) is 1. The van der Waals surface area contributed by atoms with E-state index in [1.165, 1.54) is 19.2 Å². The van der Waals surface area contributed by atoms with Crippen LogP contribution in [0.25, 0.3) is 0 Å². The number of nitrogens with one attached hydrogen (secondary N) is 1. The molecule has 0 aliphatic carbocycles. The summed E-state index contributed by atoms with van der Waals surface area (Å²) in [5.41, 5.74) is 0.0821. The summed E-state index contributed by atoms with van der Waals surface area (Å²) in [6.07, 6.45) is 1.45. The Morgan fingerprint density at radius 3 is 2.63 bits per heavy atom. The number of pyridine rings is 1. The van der Waals surface area contributed by atoms with Crippen LogP contribution in [0.1, 0.15) is 16.1 Å². The largest absolute Gasteiger partial charge is 0.318 e. The van der Waals surface area contributed by atoms with Gasteiger partial charge in [0.05, 0.1) is 5.69 Å². The number of amides is 1. The third-order valence-corrected chi connectivity index (χ3v) is 2.93. The summed E-state index contributed by atoms with van der Waals surface area (Å²) in [7, 11) is 0. The number of benzene rings is 1. The first-order valence-electron chi connectivity index (χ1n) is 5.36. The second kappa shape index (κ2) is 5.44. The molecule has 2 aromatic rings. The van der Waals surface area contributed by atoms with E-state index in [0.717, 1.165) is 16.6 Å². The number of carbonyl (C=O) groups excluding carboxylic acids is 1. The molecule has 0 saturated carbocycles. The summed E-state index contributed by atoms with van der Waals surface area (Å²) in [6.45, 7) is 1.44. The highest BCUT2D eigenvalue weighted by molar-refractivity contribution is 9.10. The van der Waals surface area contributed by atoms with Crippen LogP contribution in [0.3, 0.4) is 0 Å². The smallest absolute Gasteiger partial charge is 0.274 e. The fourth-order valence-electron chi connectivity index (χ4n) is 1.44. The monoisotopic (exact) mass is 326 g/mol. The summed E-state index contributed by atoms with van der Waals surface area (Å²) >= 11 is 3.19. The van der Waals surface area contributed by atoms with Crippen molar-refractivity contribution in [2.45, 2.75) is 6.92 Å². The lowest BCUT2D eigenvalue weighted by Gasteiger charge is -2.07. The molecule has 19 heavy (non-hydrogen) atoms. The third-order valence-electron chi connectivity index (χ3n) is 2.46. The van der Waals surface area contributed by atoms with E-state index in [9.17, 15) is 13.6 Å². The second-order valence-corrected chi connectivity index (χ2v) is 4.81. The molecule has 0 aliphatic heterocycles. The quantitative estimate of drug-likeness (QED) is 0.914. The molecule has 1 aromatic heterocycles. The number of nitrogens with zero attached hydrogens (tertiary/aromatic N) is 1. The molecule has 0 aliphatic rings. The van der Waals surface area contributed by atoms with Gasteiger partial charge in [-0.25, -0.2) is 13.8 Å². The van der Waals surface area contributed by atoms with Crippen molar-refractivity contribution < 1.29 is 13.6 Å². The second-order valence-electron chi connectivity index (χ2n) is 3.90. The van der Waals surface area contributed by atoms with Crippen molar-refractivity contribution in [1.82, 2.24) is 4.98 Å². The van der Waals surface area contributed by atoms with E-state index >= 15 is 0 Å². The molecule has 0 saturated heterocycles. The van der Waals surface area contributed by atoms with E-state index in [-0.39, 0.29) is 16.9 Å².